The number of nitrogens with zero attached hydrogens (tertiary/aromatic N) is 1. The molecule has 66 heavy (non-hydrogen) atoms. The minimum Gasteiger partial charge on any atom is -0.281 e. The summed E-state index contributed by atoms with van der Waals surface area (Å²) in [6.45, 7) is 6.88. The SMILES string of the molecule is CCCCCCCCCCCCCCCCCC/C=C/[N+](/C=C/CCCCCCCCCCCCCCCCCC)(/C=C/CCCCCCCCCCCCCCCCCC)CS(=O)(=O)O. The molecule has 0 saturated heterocycles. The van der Waals surface area contributed by atoms with E-state index >= 15 is 0 Å². The maximum atomic E-state index is 12.5. The Balaban J connectivity index is 4.71. The molecule has 0 amide bonds. The Morgan fingerprint density at radius 3 is 0.576 bits per heavy atom. The Kier molecular flexibility index (Phi) is 52.7. The number of hydrogen-bond donors (Lipinski definition) is 1. The fourth-order valence-electron chi connectivity index (χ4n) is 9.80. The Labute approximate surface area is 416 Å². The second-order valence-corrected chi connectivity index (χ2v) is 22.6. The lowest BCUT2D eigenvalue weighted by molar-refractivity contribution is -0.760. The predicted octanol–water partition coefficient (Wildman–Crippen LogP) is 22.1. The van der Waals surface area contributed by atoms with Gasteiger partial charge < -0.3 is 0 Å². The highest BCUT2D eigenvalue weighted by molar-refractivity contribution is 7.85. The van der Waals surface area contributed by atoms with Crippen molar-refractivity contribution in [3.63, 3.8) is 0 Å². The van der Waals surface area contributed by atoms with E-state index in [2.05, 4.69) is 39.0 Å². The minimum absolute atomic E-state index is 0.0510. The normalized spacial score (nSPS) is 12.6. The summed E-state index contributed by atoms with van der Waals surface area (Å²) in [6, 6.07) is 0. The van der Waals surface area contributed by atoms with Crippen LogP contribution in [0.3, 0.4) is 0 Å². The molecule has 0 bridgehead atoms. The average molecular weight is 948 g/mol. The maximum absolute atomic E-state index is 12.5. The zero-order valence-electron chi connectivity index (χ0n) is 45.4. The molecule has 0 atom stereocenters. The van der Waals surface area contributed by atoms with E-state index in [0.717, 1.165) is 38.5 Å². The van der Waals surface area contributed by atoms with Gasteiger partial charge in [0, 0.05) is 0 Å². The van der Waals surface area contributed by atoms with Crippen LogP contribution in [0.15, 0.2) is 36.8 Å². The van der Waals surface area contributed by atoms with Crippen LogP contribution < -0.4 is 0 Å². The highest BCUT2D eigenvalue weighted by Crippen LogP contribution is 2.21. The van der Waals surface area contributed by atoms with Crippen molar-refractivity contribution in [2.75, 3.05) is 5.88 Å². The van der Waals surface area contributed by atoms with Crippen LogP contribution in [0.2, 0.25) is 0 Å². The van der Waals surface area contributed by atoms with Gasteiger partial charge in [-0.3, -0.25) is 4.55 Å². The first-order chi connectivity index (χ1) is 32.4. The van der Waals surface area contributed by atoms with E-state index in [4.69, 9.17) is 0 Å². The van der Waals surface area contributed by atoms with Crippen LogP contribution in [-0.2, 0) is 10.1 Å². The van der Waals surface area contributed by atoms with Gasteiger partial charge in [0.25, 0.3) is 0 Å². The fourth-order valence-corrected chi connectivity index (χ4v) is 10.6. The summed E-state index contributed by atoms with van der Waals surface area (Å²) in [4.78, 5) is 0. The van der Waals surface area contributed by atoms with E-state index in [1.807, 2.05) is 18.6 Å². The third-order valence-electron chi connectivity index (χ3n) is 14.2. The first-order valence-electron chi connectivity index (χ1n) is 30.2. The molecule has 0 radical (unpaired) electrons. The van der Waals surface area contributed by atoms with Crippen LogP contribution in [0.1, 0.15) is 348 Å². The van der Waals surface area contributed by atoms with Crippen molar-refractivity contribution in [3.8, 4) is 0 Å². The van der Waals surface area contributed by atoms with E-state index in [1.54, 1.807) is 0 Å². The van der Waals surface area contributed by atoms with Crippen molar-refractivity contribution < 1.29 is 17.5 Å². The van der Waals surface area contributed by atoms with E-state index in [-0.39, 0.29) is 10.4 Å². The van der Waals surface area contributed by atoms with Crippen molar-refractivity contribution in [3.05, 3.63) is 36.8 Å². The van der Waals surface area contributed by atoms with Gasteiger partial charge in [-0.1, -0.05) is 310 Å². The quantitative estimate of drug-likeness (QED) is 0.0375. The maximum Gasteiger partial charge on any atom is 0.317 e. The molecular weight excluding hydrogens is 827 g/mol. The smallest absolute Gasteiger partial charge is 0.281 e. The van der Waals surface area contributed by atoms with Gasteiger partial charge in [-0.25, -0.2) is 4.48 Å². The van der Waals surface area contributed by atoms with Crippen molar-refractivity contribution in [2.24, 2.45) is 0 Å². The number of hydrogen-bond acceptors (Lipinski definition) is 2. The summed E-state index contributed by atoms with van der Waals surface area (Å²) in [5, 5.41) is 0. The van der Waals surface area contributed by atoms with Crippen LogP contribution >= 0.6 is 0 Å². The molecule has 0 unspecified atom stereocenters. The molecule has 0 aromatic heterocycles. The fraction of sp³-hybridized carbons (Fsp3) is 0.902. The Hall–Kier alpha value is -0.910. The van der Waals surface area contributed by atoms with Crippen LogP contribution in [0.25, 0.3) is 0 Å². The summed E-state index contributed by atoms with van der Waals surface area (Å²) in [5.41, 5.74) is 0. The second-order valence-electron chi connectivity index (χ2n) is 21.1. The zero-order valence-corrected chi connectivity index (χ0v) is 46.2. The van der Waals surface area contributed by atoms with E-state index in [1.165, 1.54) is 289 Å². The van der Waals surface area contributed by atoms with Gasteiger partial charge >= 0.3 is 10.1 Å². The van der Waals surface area contributed by atoms with Crippen molar-refractivity contribution >= 4 is 10.1 Å². The lowest BCUT2D eigenvalue weighted by Crippen LogP contribution is -2.36. The van der Waals surface area contributed by atoms with Crippen LogP contribution in [-0.4, -0.2) is 23.3 Å². The molecule has 0 fully saturated rings. The molecule has 0 aliphatic carbocycles. The van der Waals surface area contributed by atoms with Gasteiger partial charge in [0.1, 0.15) is 18.6 Å². The average Bonchev–Trinajstić information content (AvgIpc) is 3.30. The summed E-state index contributed by atoms with van der Waals surface area (Å²) < 4.78 is 35.1. The summed E-state index contributed by atoms with van der Waals surface area (Å²) in [6.07, 6.45) is 80.9. The van der Waals surface area contributed by atoms with E-state index in [9.17, 15) is 13.0 Å². The van der Waals surface area contributed by atoms with Gasteiger partial charge in [-0.2, -0.15) is 8.42 Å². The van der Waals surface area contributed by atoms with Crippen LogP contribution in [0.4, 0.5) is 0 Å². The molecule has 392 valence electrons. The second kappa shape index (κ2) is 53.4. The predicted molar refractivity (Wildman–Crippen MR) is 297 cm³/mol. The molecule has 0 saturated carbocycles. The standard InChI is InChI=1S/C61H119NO3S/c1-4-7-10-13-16-19-22-25-28-31-34-37-40-43-46-49-52-55-58-62(61-66(63,64)65,59-56-53-50-47-44-41-38-35-32-29-26-23-20-17-14-11-8-5-2)60-57-54-51-48-45-42-39-36-33-30-27-24-21-18-15-12-9-6-3/h55-60H,4-54,61H2,1-3H3/p+1/b58-55+,59-56+,60-57+. The number of allylic oxidation sites excluding steroid dienone is 3. The zero-order chi connectivity index (χ0) is 48.0. The molecule has 0 aliphatic heterocycles. The highest BCUT2D eigenvalue weighted by Gasteiger charge is 2.26. The number of unbranched alkanes of at least 4 members (excludes halogenated alkanes) is 48. The summed E-state index contributed by atoms with van der Waals surface area (Å²) >= 11 is 0. The lowest BCUT2D eigenvalue weighted by atomic mass is 10.0. The van der Waals surface area contributed by atoms with E-state index < -0.39 is 10.1 Å². The lowest BCUT2D eigenvalue weighted by Gasteiger charge is -2.25. The van der Waals surface area contributed by atoms with Crippen LogP contribution in [0, 0.1) is 0 Å². The van der Waals surface area contributed by atoms with Crippen molar-refractivity contribution in [1.29, 1.82) is 0 Å². The Morgan fingerprint density at radius 2 is 0.424 bits per heavy atom. The van der Waals surface area contributed by atoms with Gasteiger partial charge in [0.05, 0.1) is 0 Å². The Morgan fingerprint density at radius 1 is 0.273 bits per heavy atom. The van der Waals surface area contributed by atoms with Crippen molar-refractivity contribution in [1.82, 2.24) is 0 Å². The number of quaternary nitrogens is 1. The molecule has 5 heteroatoms. The molecular formula is C61H120NO3S+. The number of rotatable bonds is 56. The molecule has 0 spiro atoms. The molecule has 0 aromatic carbocycles. The molecule has 1 N–H and O–H groups in total. The molecule has 0 heterocycles. The third kappa shape index (κ3) is 52.5. The third-order valence-corrected chi connectivity index (χ3v) is 15.0. The molecule has 0 aromatic rings. The van der Waals surface area contributed by atoms with Crippen LogP contribution in [0.5, 0.6) is 0 Å². The van der Waals surface area contributed by atoms with Gasteiger partial charge in [0.2, 0.25) is 5.88 Å². The van der Waals surface area contributed by atoms with Gasteiger partial charge in [-0.15, -0.1) is 0 Å². The first kappa shape index (κ1) is 65.1. The minimum atomic E-state index is -4.19. The topological polar surface area (TPSA) is 54.4 Å². The monoisotopic (exact) mass is 947 g/mol. The van der Waals surface area contributed by atoms with E-state index in [0.29, 0.717) is 0 Å². The summed E-state index contributed by atoms with van der Waals surface area (Å²) in [5.74, 6) is -0.340. The largest absolute Gasteiger partial charge is 0.317 e. The first-order valence-corrected chi connectivity index (χ1v) is 31.9. The van der Waals surface area contributed by atoms with Crippen molar-refractivity contribution in [2.45, 2.75) is 348 Å². The molecule has 4 nitrogen and oxygen atoms in total. The molecule has 0 rings (SSSR count). The summed E-state index contributed by atoms with van der Waals surface area (Å²) in [7, 11) is -4.19. The Bertz CT molecular complexity index is 1020. The highest BCUT2D eigenvalue weighted by atomic mass is 32.2. The molecule has 0 aliphatic rings. The van der Waals surface area contributed by atoms with Gasteiger partial charge in [0.15, 0.2) is 0 Å². The van der Waals surface area contributed by atoms with Gasteiger partial charge in [-0.05, 0) is 56.8 Å².